The molecule has 0 aliphatic heterocycles. The van der Waals surface area contributed by atoms with Crippen LogP contribution in [0, 0.1) is 11.7 Å². The smallest absolute Gasteiger partial charge is 0.137 e. The Morgan fingerprint density at radius 1 is 1.14 bits per heavy atom. The van der Waals surface area contributed by atoms with Gasteiger partial charge in [-0.15, -0.1) is 0 Å². The molecule has 0 radical (unpaired) electrons. The summed E-state index contributed by atoms with van der Waals surface area (Å²) < 4.78 is 14.2. The maximum Gasteiger partial charge on any atom is 0.137 e. The van der Waals surface area contributed by atoms with Crippen LogP contribution in [-0.4, -0.2) is 6.54 Å². The Balaban J connectivity index is 2.04. The molecule has 21 heavy (non-hydrogen) atoms. The number of halogens is 2. The SMILES string of the molecule is CC(C)CNCc1ccc(Sc2ccccc2Cl)c(F)c1. The molecule has 0 aromatic heterocycles. The molecule has 0 aliphatic rings. The first kappa shape index (κ1) is 16.3. The molecule has 2 rings (SSSR count). The third-order valence-corrected chi connectivity index (χ3v) is 4.50. The molecule has 0 atom stereocenters. The van der Waals surface area contributed by atoms with Gasteiger partial charge in [0.2, 0.25) is 0 Å². The molecule has 0 aliphatic carbocycles. The van der Waals surface area contributed by atoms with Gasteiger partial charge >= 0.3 is 0 Å². The van der Waals surface area contributed by atoms with Crippen LogP contribution in [0.4, 0.5) is 4.39 Å². The van der Waals surface area contributed by atoms with E-state index in [1.807, 2.05) is 36.4 Å². The number of hydrogen-bond acceptors (Lipinski definition) is 2. The van der Waals surface area contributed by atoms with E-state index in [2.05, 4.69) is 19.2 Å². The fourth-order valence-corrected chi connectivity index (χ4v) is 2.98. The molecule has 0 saturated heterocycles. The fraction of sp³-hybridized carbons (Fsp3) is 0.294. The number of hydrogen-bond donors (Lipinski definition) is 1. The van der Waals surface area contributed by atoms with Crippen molar-refractivity contribution in [2.75, 3.05) is 6.54 Å². The van der Waals surface area contributed by atoms with Crippen molar-refractivity contribution >= 4 is 23.4 Å². The Hall–Kier alpha value is -1.03. The second kappa shape index (κ2) is 7.83. The Morgan fingerprint density at radius 3 is 2.57 bits per heavy atom. The molecule has 0 bridgehead atoms. The molecular formula is C17H19ClFNS. The van der Waals surface area contributed by atoms with Crippen molar-refractivity contribution in [3.63, 3.8) is 0 Å². The Morgan fingerprint density at radius 2 is 1.90 bits per heavy atom. The second-order valence-corrected chi connectivity index (χ2v) is 6.81. The summed E-state index contributed by atoms with van der Waals surface area (Å²) in [6.07, 6.45) is 0. The van der Waals surface area contributed by atoms with E-state index in [1.54, 1.807) is 6.07 Å². The van der Waals surface area contributed by atoms with Crippen molar-refractivity contribution in [3.8, 4) is 0 Å². The molecule has 0 saturated carbocycles. The molecule has 112 valence electrons. The number of benzene rings is 2. The lowest BCUT2D eigenvalue weighted by atomic mass is 10.2. The van der Waals surface area contributed by atoms with Gasteiger partial charge < -0.3 is 5.32 Å². The summed E-state index contributed by atoms with van der Waals surface area (Å²) in [6, 6.07) is 12.8. The first-order chi connectivity index (χ1) is 10.1. The van der Waals surface area contributed by atoms with Gasteiger partial charge in [-0.05, 0) is 42.3 Å². The van der Waals surface area contributed by atoms with Gasteiger partial charge in [0, 0.05) is 16.3 Å². The normalized spacial score (nSPS) is 11.1. The van der Waals surface area contributed by atoms with Crippen LogP contribution < -0.4 is 5.32 Å². The van der Waals surface area contributed by atoms with E-state index < -0.39 is 0 Å². The van der Waals surface area contributed by atoms with Crippen LogP contribution in [0.3, 0.4) is 0 Å². The van der Waals surface area contributed by atoms with Gasteiger partial charge in [0.05, 0.1) is 5.02 Å². The average Bonchev–Trinajstić information content (AvgIpc) is 2.43. The summed E-state index contributed by atoms with van der Waals surface area (Å²) in [7, 11) is 0. The monoisotopic (exact) mass is 323 g/mol. The van der Waals surface area contributed by atoms with E-state index in [0.29, 0.717) is 22.4 Å². The van der Waals surface area contributed by atoms with Gasteiger partial charge in [-0.25, -0.2) is 4.39 Å². The van der Waals surface area contributed by atoms with E-state index in [1.165, 1.54) is 11.8 Å². The van der Waals surface area contributed by atoms with E-state index in [-0.39, 0.29) is 5.82 Å². The van der Waals surface area contributed by atoms with E-state index in [9.17, 15) is 4.39 Å². The first-order valence-electron chi connectivity index (χ1n) is 6.98. The van der Waals surface area contributed by atoms with E-state index in [4.69, 9.17) is 11.6 Å². The maximum absolute atomic E-state index is 14.2. The van der Waals surface area contributed by atoms with Crippen LogP contribution in [0.2, 0.25) is 5.02 Å². The van der Waals surface area contributed by atoms with E-state index in [0.717, 1.165) is 17.0 Å². The summed E-state index contributed by atoms with van der Waals surface area (Å²) in [4.78, 5) is 1.46. The minimum absolute atomic E-state index is 0.205. The summed E-state index contributed by atoms with van der Waals surface area (Å²) in [6.45, 7) is 5.91. The molecule has 0 amide bonds. The Labute approximate surface area is 134 Å². The molecule has 2 aromatic rings. The summed E-state index contributed by atoms with van der Waals surface area (Å²) >= 11 is 7.45. The molecule has 0 unspecified atom stereocenters. The zero-order valence-corrected chi connectivity index (χ0v) is 13.8. The van der Waals surface area contributed by atoms with Crippen LogP contribution in [0.25, 0.3) is 0 Å². The molecule has 1 nitrogen and oxygen atoms in total. The van der Waals surface area contributed by atoms with Gasteiger partial charge in [-0.2, -0.15) is 0 Å². The number of nitrogens with one attached hydrogen (secondary N) is 1. The van der Waals surface area contributed by atoms with Gasteiger partial charge in [0.1, 0.15) is 5.82 Å². The zero-order valence-electron chi connectivity index (χ0n) is 12.2. The van der Waals surface area contributed by atoms with Gasteiger partial charge in [0.25, 0.3) is 0 Å². The van der Waals surface area contributed by atoms with Crippen LogP contribution in [0.15, 0.2) is 52.3 Å². The predicted octanol–water partition coefficient (Wildman–Crippen LogP) is 5.38. The third kappa shape index (κ3) is 5.03. The zero-order chi connectivity index (χ0) is 15.2. The molecule has 2 aromatic carbocycles. The Bertz CT molecular complexity index is 601. The molecule has 1 N–H and O–H groups in total. The summed E-state index contributed by atoms with van der Waals surface area (Å²) in [5, 5.41) is 3.96. The van der Waals surface area contributed by atoms with Crippen molar-refractivity contribution in [2.45, 2.75) is 30.2 Å². The summed E-state index contributed by atoms with van der Waals surface area (Å²) in [5.74, 6) is 0.383. The van der Waals surface area contributed by atoms with Gasteiger partial charge in [-0.3, -0.25) is 0 Å². The Kier molecular flexibility index (Phi) is 6.09. The van der Waals surface area contributed by atoms with Crippen molar-refractivity contribution < 1.29 is 4.39 Å². The highest BCUT2D eigenvalue weighted by Gasteiger charge is 2.08. The largest absolute Gasteiger partial charge is 0.312 e. The third-order valence-electron chi connectivity index (χ3n) is 2.93. The molecule has 0 spiro atoms. The van der Waals surface area contributed by atoms with Crippen LogP contribution in [0.5, 0.6) is 0 Å². The lowest BCUT2D eigenvalue weighted by molar-refractivity contribution is 0.548. The highest BCUT2D eigenvalue weighted by atomic mass is 35.5. The first-order valence-corrected chi connectivity index (χ1v) is 8.17. The lowest BCUT2D eigenvalue weighted by Crippen LogP contribution is -2.18. The number of rotatable bonds is 6. The van der Waals surface area contributed by atoms with E-state index >= 15 is 0 Å². The van der Waals surface area contributed by atoms with Crippen molar-refractivity contribution in [2.24, 2.45) is 5.92 Å². The molecule has 0 fully saturated rings. The van der Waals surface area contributed by atoms with Crippen LogP contribution >= 0.6 is 23.4 Å². The van der Waals surface area contributed by atoms with Crippen LogP contribution in [0.1, 0.15) is 19.4 Å². The standard InChI is InChI=1S/C17H19ClFNS/c1-12(2)10-20-11-13-7-8-17(15(19)9-13)21-16-6-4-3-5-14(16)18/h3-9,12,20H,10-11H2,1-2H3. The highest BCUT2D eigenvalue weighted by molar-refractivity contribution is 7.99. The molecule has 0 heterocycles. The lowest BCUT2D eigenvalue weighted by Gasteiger charge is -2.09. The minimum atomic E-state index is -0.205. The van der Waals surface area contributed by atoms with Crippen molar-refractivity contribution in [3.05, 3.63) is 58.9 Å². The van der Waals surface area contributed by atoms with Crippen molar-refractivity contribution in [1.82, 2.24) is 5.32 Å². The quantitative estimate of drug-likeness (QED) is 0.766. The fourth-order valence-electron chi connectivity index (χ4n) is 1.89. The highest BCUT2D eigenvalue weighted by Crippen LogP contribution is 2.34. The predicted molar refractivity (Wildman–Crippen MR) is 88.5 cm³/mol. The topological polar surface area (TPSA) is 12.0 Å². The van der Waals surface area contributed by atoms with Gasteiger partial charge in [0.15, 0.2) is 0 Å². The van der Waals surface area contributed by atoms with Crippen molar-refractivity contribution in [1.29, 1.82) is 0 Å². The molecule has 4 heteroatoms. The minimum Gasteiger partial charge on any atom is -0.312 e. The second-order valence-electron chi connectivity index (χ2n) is 5.32. The maximum atomic E-state index is 14.2. The summed E-state index contributed by atoms with van der Waals surface area (Å²) in [5.41, 5.74) is 0.955. The van der Waals surface area contributed by atoms with Crippen LogP contribution in [-0.2, 0) is 6.54 Å². The van der Waals surface area contributed by atoms with Gasteiger partial charge in [-0.1, -0.05) is 55.4 Å². The molecular weight excluding hydrogens is 305 g/mol. The average molecular weight is 324 g/mol.